The number of halogens is 1. The summed E-state index contributed by atoms with van der Waals surface area (Å²) in [4.78, 5) is 0. The van der Waals surface area contributed by atoms with E-state index in [1.807, 2.05) is 28.9 Å². The molecule has 2 aromatic rings. The van der Waals surface area contributed by atoms with Gasteiger partial charge in [-0.15, -0.1) is 0 Å². The van der Waals surface area contributed by atoms with E-state index in [1.165, 1.54) is 0 Å². The molecule has 2 rings (SSSR count). The lowest BCUT2D eigenvalue weighted by Gasteiger charge is -2.12. The maximum absolute atomic E-state index is 5.98. The summed E-state index contributed by atoms with van der Waals surface area (Å²) < 4.78 is 7.23. The molecule has 0 fully saturated rings. The molecule has 0 spiro atoms. The molecule has 18 heavy (non-hydrogen) atoms. The van der Waals surface area contributed by atoms with E-state index in [4.69, 9.17) is 16.3 Å². The van der Waals surface area contributed by atoms with E-state index < -0.39 is 0 Å². The molecule has 1 aromatic heterocycles. The fourth-order valence-corrected chi connectivity index (χ4v) is 1.97. The Hall–Kier alpha value is -1.68. The number of aryl methyl sites for hydroxylation is 1. The van der Waals surface area contributed by atoms with Gasteiger partial charge in [-0.3, -0.25) is 4.68 Å². The summed E-state index contributed by atoms with van der Waals surface area (Å²) in [5.41, 5.74) is 2.01. The van der Waals surface area contributed by atoms with Gasteiger partial charge < -0.3 is 10.1 Å². The molecule has 0 radical (unpaired) electrons. The van der Waals surface area contributed by atoms with Crippen molar-refractivity contribution in [3.8, 4) is 5.75 Å². The number of ether oxygens (including phenoxy) is 1. The van der Waals surface area contributed by atoms with Crippen molar-refractivity contribution in [1.82, 2.24) is 9.78 Å². The Morgan fingerprint density at radius 3 is 2.94 bits per heavy atom. The number of benzene rings is 1. The highest BCUT2D eigenvalue weighted by Gasteiger charge is 2.05. The summed E-state index contributed by atoms with van der Waals surface area (Å²) in [5, 5.41) is 8.22. The topological polar surface area (TPSA) is 39.1 Å². The van der Waals surface area contributed by atoms with Crippen LogP contribution in [0.25, 0.3) is 0 Å². The summed E-state index contributed by atoms with van der Waals surface area (Å²) in [6.45, 7) is 3.61. The van der Waals surface area contributed by atoms with Gasteiger partial charge in [0.2, 0.25) is 0 Å². The van der Waals surface area contributed by atoms with Crippen molar-refractivity contribution in [2.45, 2.75) is 20.0 Å². The number of hydrogen-bond donors (Lipinski definition) is 1. The van der Waals surface area contributed by atoms with Crippen LogP contribution in [0.15, 0.2) is 30.5 Å². The van der Waals surface area contributed by atoms with Gasteiger partial charge in [-0.05, 0) is 31.2 Å². The summed E-state index contributed by atoms with van der Waals surface area (Å²) in [7, 11) is 1.64. The van der Waals surface area contributed by atoms with E-state index in [0.29, 0.717) is 11.6 Å². The Kier molecular flexibility index (Phi) is 4.10. The third kappa shape index (κ3) is 2.76. The summed E-state index contributed by atoms with van der Waals surface area (Å²) in [6, 6.07) is 7.50. The number of nitrogens with one attached hydrogen (secondary N) is 1. The van der Waals surface area contributed by atoms with Crippen LogP contribution in [0.1, 0.15) is 12.6 Å². The van der Waals surface area contributed by atoms with Crippen molar-refractivity contribution in [1.29, 1.82) is 0 Å². The van der Waals surface area contributed by atoms with Gasteiger partial charge in [-0.1, -0.05) is 11.6 Å². The highest BCUT2D eigenvalue weighted by atomic mass is 35.5. The van der Waals surface area contributed by atoms with Gasteiger partial charge in [0.15, 0.2) is 0 Å². The van der Waals surface area contributed by atoms with E-state index in [9.17, 15) is 0 Å². The third-order valence-electron chi connectivity index (χ3n) is 2.73. The standard InChI is InChI=1S/C13H16ClN3O/c1-3-17-11(6-7-16-17)9-15-12-8-10(14)4-5-13(12)18-2/h4-8,15H,3,9H2,1-2H3. The Balaban J connectivity index is 2.12. The molecule has 1 N–H and O–H groups in total. The number of hydrogen-bond acceptors (Lipinski definition) is 3. The first-order valence-corrected chi connectivity index (χ1v) is 6.20. The van der Waals surface area contributed by atoms with Crippen LogP contribution in [-0.4, -0.2) is 16.9 Å². The van der Waals surface area contributed by atoms with Crippen molar-refractivity contribution < 1.29 is 4.74 Å². The molecule has 4 nitrogen and oxygen atoms in total. The second-order valence-electron chi connectivity index (χ2n) is 3.84. The van der Waals surface area contributed by atoms with Gasteiger partial charge in [-0.2, -0.15) is 5.10 Å². The highest BCUT2D eigenvalue weighted by Crippen LogP contribution is 2.27. The lowest BCUT2D eigenvalue weighted by molar-refractivity contribution is 0.416. The number of methoxy groups -OCH3 is 1. The molecule has 0 saturated heterocycles. The van der Waals surface area contributed by atoms with Crippen LogP contribution in [0.3, 0.4) is 0 Å². The lowest BCUT2D eigenvalue weighted by Crippen LogP contribution is -2.08. The van der Waals surface area contributed by atoms with Crippen LogP contribution in [0.5, 0.6) is 5.75 Å². The van der Waals surface area contributed by atoms with E-state index in [0.717, 1.165) is 23.7 Å². The Bertz CT molecular complexity index is 525. The van der Waals surface area contributed by atoms with Crippen LogP contribution >= 0.6 is 11.6 Å². The molecular weight excluding hydrogens is 250 g/mol. The predicted molar refractivity (Wildman–Crippen MR) is 73.2 cm³/mol. The molecule has 1 aromatic carbocycles. The molecule has 0 aliphatic heterocycles. The van der Waals surface area contributed by atoms with E-state index in [2.05, 4.69) is 17.3 Å². The van der Waals surface area contributed by atoms with Crippen molar-refractivity contribution in [2.75, 3.05) is 12.4 Å². The molecule has 0 atom stereocenters. The largest absolute Gasteiger partial charge is 0.495 e. The zero-order valence-electron chi connectivity index (χ0n) is 10.5. The first-order chi connectivity index (χ1) is 8.74. The van der Waals surface area contributed by atoms with Crippen LogP contribution in [-0.2, 0) is 13.1 Å². The molecule has 0 aliphatic rings. The average molecular weight is 266 g/mol. The minimum atomic E-state index is 0.683. The lowest BCUT2D eigenvalue weighted by atomic mass is 10.3. The fourth-order valence-electron chi connectivity index (χ4n) is 1.80. The Morgan fingerprint density at radius 1 is 1.39 bits per heavy atom. The SMILES string of the molecule is CCn1nccc1CNc1cc(Cl)ccc1OC. The minimum Gasteiger partial charge on any atom is -0.495 e. The molecule has 0 aliphatic carbocycles. The van der Waals surface area contributed by atoms with Crippen LogP contribution in [0.2, 0.25) is 5.02 Å². The number of aromatic nitrogens is 2. The van der Waals surface area contributed by atoms with Gasteiger partial charge >= 0.3 is 0 Å². The molecule has 0 amide bonds. The maximum Gasteiger partial charge on any atom is 0.142 e. The molecule has 5 heteroatoms. The number of rotatable bonds is 5. The molecule has 0 saturated carbocycles. The molecule has 0 bridgehead atoms. The van der Waals surface area contributed by atoms with Crippen LogP contribution < -0.4 is 10.1 Å². The Morgan fingerprint density at radius 2 is 2.22 bits per heavy atom. The molecule has 1 heterocycles. The predicted octanol–water partition coefficient (Wildman–Crippen LogP) is 3.18. The Labute approximate surface area is 112 Å². The first kappa shape index (κ1) is 12.8. The van der Waals surface area contributed by atoms with E-state index in [-0.39, 0.29) is 0 Å². The van der Waals surface area contributed by atoms with Gasteiger partial charge in [0, 0.05) is 17.8 Å². The van der Waals surface area contributed by atoms with E-state index in [1.54, 1.807) is 13.3 Å². The van der Waals surface area contributed by atoms with Crippen molar-refractivity contribution in [2.24, 2.45) is 0 Å². The van der Waals surface area contributed by atoms with Gasteiger partial charge in [0.25, 0.3) is 0 Å². The van der Waals surface area contributed by atoms with Gasteiger partial charge in [0.1, 0.15) is 5.75 Å². The van der Waals surface area contributed by atoms with E-state index >= 15 is 0 Å². The number of anilines is 1. The van der Waals surface area contributed by atoms with Crippen molar-refractivity contribution in [3.05, 3.63) is 41.2 Å². The minimum absolute atomic E-state index is 0.683. The quantitative estimate of drug-likeness (QED) is 0.903. The van der Waals surface area contributed by atoms with Crippen molar-refractivity contribution in [3.63, 3.8) is 0 Å². The van der Waals surface area contributed by atoms with Crippen LogP contribution in [0.4, 0.5) is 5.69 Å². The average Bonchev–Trinajstić information content (AvgIpc) is 2.84. The summed E-state index contributed by atoms with van der Waals surface area (Å²) >= 11 is 5.98. The second kappa shape index (κ2) is 5.78. The molecular formula is C13H16ClN3O. The third-order valence-corrected chi connectivity index (χ3v) is 2.96. The number of nitrogens with zero attached hydrogens (tertiary/aromatic N) is 2. The monoisotopic (exact) mass is 265 g/mol. The molecule has 96 valence electrons. The zero-order chi connectivity index (χ0) is 13.0. The maximum atomic E-state index is 5.98. The van der Waals surface area contributed by atoms with Gasteiger partial charge in [0.05, 0.1) is 25.0 Å². The normalized spacial score (nSPS) is 10.4. The summed E-state index contributed by atoms with van der Waals surface area (Å²) in [5.74, 6) is 0.780. The first-order valence-electron chi connectivity index (χ1n) is 5.82. The second-order valence-corrected chi connectivity index (χ2v) is 4.27. The van der Waals surface area contributed by atoms with Gasteiger partial charge in [-0.25, -0.2) is 0 Å². The zero-order valence-corrected chi connectivity index (χ0v) is 11.2. The van der Waals surface area contributed by atoms with Crippen LogP contribution in [0, 0.1) is 0 Å². The highest BCUT2D eigenvalue weighted by molar-refractivity contribution is 6.30. The van der Waals surface area contributed by atoms with Crippen molar-refractivity contribution >= 4 is 17.3 Å². The molecule has 0 unspecified atom stereocenters. The summed E-state index contributed by atoms with van der Waals surface area (Å²) in [6.07, 6.45) is 1.80. The smallest absolute Gasteiger partial charge is 0.142 e. The fraction of sp³-hybridized carbons (Fsp3) is 0.308.